The van der Waals surface area contributed by atoms with Gasteiger partial charge in [-0.15, -0.1) is 0 Å². The summed E-state index contributed by atoms with van der Waals surface area (Å²) in [5.41, 5.74) is 0.0582. The van der Waals surface area contributed by atoms with Crippen molar-refractivity contribution in [2.24, 2.45) is 0 Å². The maximum atomic E-state index is 12.0. The maximum Gasteiger partial charge on any atom is 0.311 e. The third-order valence-corrected chi connectivity index (χ3v) is 2.10. The Morgan fingerprint density at radius 3 is 2.44 bits per heavy atom. The number of rotatable bonds is 5. The van der Waals surface area contributed by atoms with E-state index in [1.165, 1.54) is 12.3 Å². The van der Waals surface area contributed by atoms with Gasteiger partial charge in [0.15, 0.2) is 0 Å². The van der Waals surface area contributed by atoms with E-state index in [-0.39, 0.29) is 24.4 Å². The van der Waals surface area contributed by atoms with Crippen LogP contribution < -0.4 is 0 Å². The molecule has 1 amide bonds. The Labute approximate surface area is 102 Å². The Morgan fingerprint density at radius 2 is 1.94 bits per heavy atom. The minimum Gasteiger partial charge on any atom is -0.481 e. The van der Waals surface area contributed by atoms with E-state index >= 15 is 0 Å². The second kappa shape index (κ2) is 6.06. The first-order chi connectivity index (χ1) is 8.60. The first kappa shape index (κ1) is 13.3. The standard InChI is InChI=1S/C11H9N3O4/c12-2-4-14(5-3-13)11(17)8-1-6-18-9(8)7-10(15)16/h1,6H,4-5,7H2,(H,15,16). The topological polar surface area (TPSA) is 118 Å². The summed E-state index contributed by atoms with van der Waals surface area (Å²) in [6, 6.07) is 4.85. The zero-order valence-corrected chi connectivity index (χ0v) is 9.29. The molecule has 0 aliphatic heterocycles. The molecule has 0 aliphatic rings. The molecule has 0 saturated heterocycles. The summed E-state index contributed by atoms with van der Waals surface area (Å²) in [5.74, 6) is -1.72. The van der Waals surface area contributed by atoms with Crippen molar-refractivity contribution in [2.45, 2.75) is 6.42 Å². The molecular formula is C11H9N3O4. The summed E-state index contributed by atoms with van der Waals surface area (Å²) >= 11 is 0. The van der Waals surface area contributed by atoms with E-state index in [0.717, 1.165) is 4.90 Å². The van der Waals surface area contributed by atoms with Crippen molar-refractivity contribution in [1.82, 2.24) is 4.90 Å². The van der Waals surface area contributed by atoms with Gasteiger partial charge in [-0.05, 0) is 6.07 Å². The van der Waals surface area contributed by atoms with E-state index in [4.69, 9.17) is 20.0 Å². The molecule has 7 heteroatoms. The van der Waals surface area contributed by atoms with Crippen LogP contribution in [0.3, 0.4) is 0 Å². The van der Waals surface area contributed by atoms with Gasteiger partial charge in [-0.2, -0.15) is 10.5 Å². The highest BCUT2D eigenvalue weighted by atomic mass is 16.4. The molecule has 0 radical (unpaired) electrons. The van der Waals surface area contributed by atoms with Crippen molar-refractivity contribution in [1.29, 1.82) is 10.5 Å². The Kier molecular flexibility index (Phi) is 4.47. The molecule has 18 heavy (non-hydrogen) atoms. The minimum absolute atomic E-state index is 0.00776. The first-order valence-corrected chi connectivity index (χ1v) is 4.91. The van der Waals surface area contributed by atoms with Crippen molar-refractivity contribution in [2.75, 3.05) is 13.1 Å². The summed E-state index contributed by atoms with van der Waals surface area (Å²) in [4.78, 5) is 23.5. The molecule has 0 bridgehead atoms. The minimum atomic E-state index is -1.13. The normalized spacial score (nSPS) is 9.22. The average Bonchev–Trinajstić information content (AvgIpc) is 2.75. The fraction of sp³-hybridized carbons (Fsp3) is 0.273. The lowest BCUT2D eigenvalue weighted by Gasteiger charge is -2.15. The number of hydrogen-bond donors (Lipinski definition) is 1. The summed E-state index contributed by atoms with van der Waals surface area (Å²) < 4.78 is 4.91. The van der Waals surface area contributed by atoms with Gasteiger partial charge in [0.25, 0.3) is 5.91 Å². The van der Waals surface area contributed by atoms with Crippen molar-refractivity contribution >= 4 is 11.9 Å². The monoisotopic (exact) mass is 247 g/mol. The van der Waals surface area contributed by atoms with Crippen LogP contribution in [0.25, 0.3) is 0 Å². The van der Waals surface area contributed by atoms with Crippen molar-refractivity contribution < 1.29 is 19.1 Å². The highest BCUT2D eigenvalue weighted by Crippen LogP contribution is 2.14. The van der Waals surface area contributed by atoms with Gasteiger partial charge in [0.2, 0.25) is 0 Å². The molecule has 1 rings (SSSR count). The SMILES string of the molecule is N#CCN(CC#N)C(=O)c1ccoc1CC(=O)O. The quantitative estimate of drug-likeness (QED) is 0.752. The highest BCUT2D eigenvalue weighted by molar-refractivity contribution is 5.96. The largest absolute Gasteiger partial charge is 0.481 e. The number of furan rings is 1. The van der Waals surface area contributed by atoms with Crippen molar-refractivity contribution in [3.8, 4) is 12.1 Å². The number of hydrogen-bond acceptors (Lipinski definition) is 5. The number of carbonyl (C=O) groups is 2. The van der Waals surface area contributed by atoms with Crippen LogP contribution in [0.5, 0.6) is 0 Å². The average molecular weight is 247 g/mol. The molecule has 0 saturated carbocycles. The number of amides is 1. The molecule has 0 aliphatic carbocycles. The van der Waals surface area contributed by atoms with E-state index in [0.29, 0.717) is 0 Å². The number of carboxylic acids is 1. The van der Waals surface area contributed by atoms with Crippen LogP contribution in [-0.2, 0) is 11.2 Å². The van der Waals surface area contributed by atoms with Gasteiger partial charge in [-0.3, -0.25) is 9.59 Å². The molecular weight excluding hydrogens is 238 g/mol. The van der Waals surface area contributed by atoms with E-state index in [1.807, 2.05) is 0 Å². The molecule has 0 atom stereocenters. The third kappa shape index (κ3) is 3.09. The van der Waals surface area contributed by atoms with Gasteiger partial charge >= 0.3 is 5.97 Å². The van der Waals surface area contributed by atoms with Gasteiger partial charge < -0.3 is 14.4 Å². The van der Waals surface area contributed by atoms with Crippen LogP contribution in [-0.4, -0.2) is 35.0 Å². The number of nitrogens with zero attached hydrogens (tertiary/aromatic N) is 3. The number of aliphatic carboxylic acids is 1. The lowest BCUT2D eigenvalue weighted by Crippen LogP contribution is -2.32. The molecule has 7 nitrogen and oxygen atoms in total. The Morgan fingerprint density at radius 1 is 1.33 bits per heavy atom. The van der Waals surface area contributed by atoms with Crippen LogP contribution in [0.15, 0.2) is 16.7 Å². The Hall–Kier alpha value is -2.80. The summed E-state index contributed by atoms with van der Waals surface area (Å²) in [5, 5.41) is 25.8. The van der Waals surface area contributed by atoms with Crippen LogP contribution in [0.4, 0.5) is 0 Å². The fourth-order valence-electron chi connectivity index (χ4n) is 1.35. The lowest BCUT2D eigenvalue weighted by molar-refractivity contribution is -0.136. The molecule has 1 N–H and O–H groups in total. The zero-order chi connectivity index (χ0) is 13.5. The molecule has 1 aromatic rings. The fourth-order valence-corrected chi connectivity index (χ4v) is 1.35. The third-order valence-electron chi connectivity index (χ3n) is 2.10. The maximum absolute atomic E-state index is 12.0. The van der Waals surface area contributed by atoms with Gasteiger partial charge in [0.1, 0.15) is 25.3 Å². The summed E-state index contributed by atoms with van der Waals surface area (Å²) in [6.07, 6.45) is 0.767. The number of carbonyl (C=O) groups excluding carboxylic acids is 1. The number of carboxylic acid groups (broad SMARTS) is 1. The smallest absolute Gasteiger partial charge is 0.311 e. The molecule has 0 unspecified atom stereocenters. The molecule has 1 aromatic heterocycles. The van der Waals surface area contributed by atoms with Crippen LogP contribution >= 0.6 is 0 Å². The zero-order valence-electron chi connectivity index (χ0n) is 9.29. The van der Waals surface area contributed by atoms with Crippen molar-refractivity contribution in [3.05, 3.63) is 23.7 Å². The molecule has 0 aromatic carbocycles. The Balaban J connectivity index is 2.95. The van der Waals surface area contributed by atoms with E-state index < -0.39 is 18.3 Å². The molecule has 1 heterocycles. The van der Waals surface area contributed by atoms with Crippen LogP contribution in [0.1, 0.15) is 16.1 Å². The van der Waals surface area contributed by atoms with Gasteiger partial charge in [-0.25, -0.2) is 0 Å². The second-order valence-corrected chi connectivity index (χ2v) is 3.31. The first-order valence-electron chi connectivity index (χ1n) is 4.91. The van der Waals surface area contributed by atoms with Crippen molar-refractivity contribution in [3.63, 3.8) is 0 Å². The van der Waals surface area contributed by atoms with Crippen LogP contribution in [0.2, 0.25) is 0 Å². The van der Waals surface area contributed by atoms with E-state index in [1.54, 1.807) is 12.1 Å². The predicted molar refractivity (Wildman–Crippen MR) is 57.2 cm³/mol. The predicted octanol–water partition coefficient (Wildman–Crippen LogP) is 0.396. The van der Waals surface area contributed by atoms with Gasteiger partial charge in [0.05, 0.1) is 24.0 Å². The molecule has 0 spiro atoms. The summed E-state index contributed by atoms with van der Waals surface area (Å²) in [6.45, 7) is -0.492. The summed E-state index contributed by atoms with van der Waals surface area (Å²) in [7, 11) is 0. The van der Waals surface area contributed by atoms with Crippen LogP contribution in [0, 0.1) is 22.7 Å². The van der Waals surface area contributed by atoms with Gasteiger partial charge in [0, 0.05) is 0 Å². The Bertz CT molecular complexity index is 519. The lowest BCUT2D eigenvalue weighted by atomic mass is 10.2. The molecule has 92 valence electrons. The van der Waals surface area contributed by atoms with Gasteiger partial charge in [-0.1, -0.05) is 0 Å². The van der Waals surface area contributed by atoms with E-state index in [2.05, 4.69) is 0 Å². The highest BCUT2D eigenvalue weighted by Gasteiger charge is 2.22. The second-order valence-electron chi connectivity index (χ2n) is 3.31. The molecule has 0 fully saturated rings. The van der Waals surface area contributed by atoms with E-state index in [9.17, 15) is 9.59 Å². The number of nitriles is 2.